The second-order valence-corrected chi connectivity index (χ2v) is 7.32. The molecular weight excluding hydrogens is 350 g/mol. The molecule has 0 unspecified atom stereocenters. The van der Waals surface area contributed by atoms with Crippen molar-refractivity contribution in [1.29, 1.82) is 0 Å². The number of hydrazone groups is 1. The van der Waals surface area contributed by atoms with Gasteiger partial charge in [0.25, 0.3) is 0 Å². The van der Waals surface area contributed by atoms with Crippen LogP contribution in [0.5, 0.6) is 0 Å². The Morgan fingerprint density at radius 1 is 0.893 bits per heavy atom. The molecule has 1 aromatic heterocycles. The van der Waals surface area contributed by atoms with E-state index in [0.717, 1.165) is 49.2 Å². The number of allylic oxidation sites excluding steroid dienone is 1. The lowest BCUT2D eigenvalue weighted by Crippen LogP contribution is -2.25. The van der Waals surface area contributed by atoms with Crippen molar-refractivity contribution in [1.82, 2.24) is 15.0 Å². The number of anilines is 3. The van der Waals surface area contributed by atoms with Crippen molar-refractivity contribution >= 4 is 30.1 Å². The number of hydrogen-bond acceptors (Lipinski definition) is 7. The van der Waals surface area contributed by atoms with E-state index < -0.39 is 0 Å². The van der Waals surface area contributed by atoms with Gasteiger partial charge >= 0.3 is 0 Å². The highest BCUT2D eigenvalue weighted by Crippen LogP contribution is 2.22. The zero-order chi connectivity index (χ0) is 19.2. The van der Waals surface area contributed by atoms with Gasteiger partial charge in [-0.25, -0.2) is 5.43 Å². The fourth-order valence-corrected chi connectivity index (χ4v) is 3.56. The lowest BCUT2D eigenvalue weighted by Gasteiger charge is -2.20. The van der Waals surface area contributed by atoms with E-state index >= 15 is 0 Å². The minimum atomic E-state index is 0.502. The zero-order valence-corrected chi connectivity index (χ0v) is 16.4. The van der Waals surface area contributed by atoms with Crippen LogP contribution in [0.3, 0.4) is 0 Å². The van der Waals surface area contributed by atoms with E-state index in [1.165, 1.54) is 25.7 Å². The van der Waals surface area contributed by atoms with Crippen LogP contribution in [0, 0.1) is 0 Å². The highest BCUT2D eigenvalue weighted by Gasteiger charge is 2.21. The molecule has 0 saturated carbocycles. The van der Waals surface area contributed by atoms with Crippen molar-refractivity contribution < 1.29 is 0 Å². The molecule has 2 aliphatic rings. The molecule has 1 aromatic carbocycles. The number of nitrogens with zero attached hydrogens (tertiary/aromatic N) is 6. The van der Waals surface area contributed by atoms with E-state index in [-0.39, 0.29) is 0 Å². The summed E-state index contributed by atoms with van der Waals surface area (Å²) >= 11 is 0. The van der Waals surface area contributed by atoms with Gasteiger partial charge in [-0.3, -0.25) is 0 Å². The Morgan fingerprint density at radius 3 is 2.04 bits per heavy atom. The molecule has 28 heavy (non-hydrogen) atoms. The summed E-state index contributed by atoms with van der Waals surface area (Å²) in [5.74, 6) is 2.01. The van der Waals surface area contributed by atoms with Gasteiger partial charge in [0.1, 0.15) is 0 Å². The maximum atomic E-state index is 4.72. The van der Waals surface area contributed by atoms with Gasteiger partial charge in [-0.15, -0.1) is 0 Å². The molecule has 2 aromatic rings. The molecule has 7 nitrogen and oxygen atoms in total. The molecule has 7 heteroatoms. The highest BCUT2D eigenvalue weighted by molar-refractivity contribution is 5.85. The Morgan fingerprint density at radius 2 is 1.46 bits per heavy atom. The third-order valence-electron chi connectivity index (χ3n) is 5.02. The minimum absolute atomic E-state index is 0.502. The first-order chi connectivity index (χ1) is 13.8. The summed E-state index contributed by atoms with van der Waals surface area (Å²) in [6.45, 7) is 6.04. The Kier molecular flexibility index (Phi) is 5.80. The van der Waals surface area contributed by atoms with Crippen LogP contribution in [0.4, 0.5) is 17.8 Å². The van der Waals surface area contributed by atoms with Crippen molar-refractivity contribution in [3.63, 3.8) is 0 Å². The van der Waals surface area contributed by atoms with Gasteiger partial charge in [0.15, 0.2) is 0 Å². The fraction of sp³-hybridized carbons (Fsp3) is 0.429. The van der Waals surface area contributed by atoms with Crippen LogP contribution in [-0.4, -0.2) is 47.3 Å². The van der Waals surface area contributed by atoms with Crippen LogP contribution < -0.4 is 15.2 Å². The number of aromatic nitrogens is 3. The maximum Gasteiger partial charge on any atom is 0.250 e. The molecule has 2 saturated heterocycles. The number of benzene rings is 1. The van der Waals surface area contributed by atoms with E-state index in [1.807, 2.05) is 25.1 Å². The minimum Gasteiger partial charge on any atom is -0.341 e. The molecule has 3 heterocycles. The Balaban J connectivity index is 1.50. The molecule has 0 radical (unpaired) electrons. The molecule has 2 aliphatic heterocycles. The van der Waals surface area contributed by atoms with Crippen LogP contribution in [0.2, 0.25) is 0 Å². The first kappa shape index (κ1) is 18.4. The van der Waals surface area contributed by atoms with Crippen molar-refractivity contribution in [2.24, 2.45) is 5.10 Å². The number of rotatable bonds is 6. The van der Waals surface area contributed by atoms with Gasteiger partial charge in [-0.2, -0.15) is 20.1 Å². The molecule has 0 amide bonds. The fourth-order valence-electron chi connectivity index (χ4n) is 3.56. The van der Waals surface area contributed by atoms with Gasteiger partial charge < -0.3 is 9.80 Å². The van der Waals surface area contributed by atoms with Gasteiger partial charge in [-0.1, -0.05) is 36.4 Å². The Labute approximate surface area is 166 Å². The molecule has 146 valence electrons. The summed E-state index contributed by atoms with van der Waals surface area (Å²) < 4.78 is 0. The molecule has 2 fully saturated rings. The standard InChI is InChI=1S/C21H27N7/c1-17(15-18-9-3-2-4-10-18)16-22-26-19-23-20(27-11-5-6-12-27)25-21(24-19)28-13-7-8-14-28/h2-4,9-10,15-16H,5-8,11-14H2,1H3,(H,23,24,25,26)/b17-15+,22-16-. The van der Waals surface area contributed by atoms with E-state index in [9.17, 15) is 0 Å². The SMILES string of the molecule is CC(/C=N\Nc1nc(N2CCCC2)nc(N2CCCC2)n1)=C\c1ccccc1. The third-order valence-corrected chi connectivity index (χ3v) is 5.02. The summed E-state index contributed by atoms with van der Waals surface area (Å²) in [5.41, 5.74) is 5.20. The van der Waals surface area contributed by atoms with Gasteiger partial charge in [-0.05, 0) is 43.7 Å². The largest absolute Gasteiger partial charge is 0.341 e. The van der Waals surface area contributed by atoms with E-state index in [1.54, 1.807) is 6.21 Å². The molecule has 0 aliphatic carbocycles. The topological polar surface area (TPSA) is 69.5 Å². The summed E-state index contributed by atoms with van der Waals surface area (Å²) in [6.07, 6.45) is 8.64. The summed E-state index contributed by atoms with van der Waals surface area (Å²) in [4.78, 5) is 18.4. The first-order valence-corrected chi connectivity index (χ1v) is 10.1. The highest BCUT2D eigenvalue weighted by atomic mass is 15.4. The molecular formula is C21H27N7. The molecule has 0 atom stereocenters. The Hall–Kier alpha value is -2.96. The molecule has 0 bridgehead atoms. The summed E-state index contributed by atoms with van der Waals surface area (Å²) in [5, 5.41) is 4.34. The van der Waals surface area contributed by atoms with Crippen molar-refractivity contribution in [2.45, 2.75) is 32.6 Å². The second-order valence-electron chi connectivity index (χ2n) is 7.32. The van der Waals surface area contributed by atoms with Crippen LogP contribution in [0.15, 0.2) is 41.0 Å². The average Bonchev–Trinajstić information content (AvgIpc) is 3.43. The van der Waals surface area contributed by atoms with Crippen molar-refractivity contribution in [3.8, 4) is 0 Å². The normalized spacial score (nSPS) is 17.7. The lowest BCUT2D eigenvalue weighted by atomic mass is 10.1. The Bertz CT molecular complexity index is 801. The van der Waals surface area contributed by atoms with E-state index in [2.05, 4.69) is 48.5 Å². The van der Waals surface area contributed by atoms with Gasteiger partial charge in [0.2, 0.25) is 17.8 Å². The summed E-state index contributed by atoms with van der Waals surface area (Å²) in [7, 11) is 0. The maximum absolute atomic E-state index is 4.72. The van der Waals surface area contributed by atoms with Crippen LogP contribution in [0.1, 0.15) is 38.2 Å². The molecule has 4 rings (SSSR count). The monoisotopic (exact) mass is 377 g/mol. The predicted octanol–water partition coefficient (Wildman–Crippen LogP) is 3.57. The van der Waals surface area contributed by atoms with Crippen molar-refractivity contribution in [3.05, 3.63) is 41.5 Å². The predicted molar refractivity (Wildman–Crippen MR) is 115 cm³/mol. The smallest absolute Gasteiger partial charge is 0.250 e. The zero-order valence-electron chi connectivity index (χ0n) is 16.4. The van der Waals surface area contributed by atoms with E-state index in [0.29, 0.717) is 5.95 Å². The lowest BCUT2D eigenvalue weighted by molar-refractivity contribution is 0.838. The summed E-state index contributed by atoms with van der Waals surface area (Å²) in [6, 6.07) is 10.2. The first-order valence-electron chi connectivity index (χ1n) is 10.1. The quantitative estimate of drug-likeness (QED) is 0.613. The van der Waals surface area contributed by atoms with Gasteiger partial charge in [0.05, 0.1) is 6.21 Å². The molecule has 1 N–H and O–H groups in total. The van der Waals surface area contributed by atoms with Crippen LogP contribution in [0.25, 0.3) is 6.08 Å². The van der Waals surface area contributed by atoms with E-state index in [4.69, 9.17) is 4.98 Å². The number of nitrogens with one attached hydrogen (secondary N) is 1. The second kappa shape index (κ2) is 8.82. The van der Waals surface area contributed by atoms with Crippen molar-refractivity contribution in [2.75, 3.05) is 41.4 Å². The molecule has 0 spiro atoms. The van der Waals surface area contributed by atoms with Crippen LogP contribution in [-0.2, 0) is 0 Å². The van der Waals surface area contributed by atoms with Crippen LogP contribution >= 0.6 is 0 Å². The average molecular weight is 377 g/mol. The van der Waals surface area contributed by atoms with Gasteiger partial charge in [0, 0.05) is 26.2 Å². The third kappa shape index (κ3) is 4.65. The number of hydrogen-bond donors (Lipinski definition) is 1.